The summed E-state index contributed by atoms with van der Waals surface area (Å²) in [4.78, 5) is 0.885. The van der Waals surface area contributed by atoms with Gasteiger partial charge in [0, 0.05) is 4.47 Å². The van der Waals surface area contributed by atoms with Gasteiger partial charge in [0.05, 0.1) is 19.1 Å². The van der Waals surface area contributed by atoms with E-state index in [0.717, 1.165) is 20.5 Å². The second kappa shape index (κ2) is 5.94. The van der Waals surface area contributed by atoms with E-state index in [2.05, 4.69) is 15.9 Å². The molecule has 1 aromatic heterocycles. The SMILES string of the molecule is COc1cc(C)c(C(O)c2sccc2Br)cc1OC. The van der Waals surface area contributed by atoms with Crippen LogP contribution in [0.2, 0.25) is 0 Å². The molecule has 19 heavy (non-hydrogen) atoms. The van der Waals surface area contributed by atoms with E-state index in [9.17, 15) is 5.11 Å². The van der Waals surface area contributed by atoms with E-state index in [4.69, 9.17) is 9.47 Å². The molecule has 1 aromatic carbocycles. The molecule has 1 atom stereocenters. The van der Waals surface area contributed by atoms with Gasteiger partial charge in [-0.1, -0.05) is 0 Å². The molecular formula is C14H15BrO3S. The quantitative estimate of drug-likeness (QED) is 0.915. The van der Waals surface area contributed by atoms with E-state index < -0.39 is 6.10 Å². The maximum atomic E-state index is 10.5. The number of hydrogen-bond donors (Lipinski definition) is 1. The van der Waals surface area contributed by atoms with Crippen LogP contribution in [0.4, 0.5) is 0 Å². The molecule has 0 aliphatic rings. The Morgan fingerprint density at radius 1 is 1.21 bits per heavy atom. The Bertz CT molecular complexity index is 580. The smallest absolute Gasteiger partial charge is 0.161 e. The molecule has 3 nitrogen and oxygen atoms in total. The van der Waals surface area contributed by atoms with Gasteiger partial charge in [-0.05, 0) is 57.6 Å². The van der Waals surface area contributed by atoms with Crippen molar-refractivity contribution in [2.24, 2.45) is 0 Å². The van der Waals surface area contributed by atoms with Gasteiger partial charge in [0.1, 0.15) is 6.10 Å². The van der Waals surface area contributed by atoms with Gasteiger partial charge < -0.3 is 14.6 Å². The first-order valence-electron chi connectivity index (χ1n) is 5.72. The van der Waals surface area contributed by atoms with E-state index in [0.29, 0.717) is 11.5 Å². The second-order valence-corrected chi connectivity index (χ2v) is 5.90. The number of benzene rings is 1. The molecule has 102 valence electrons. The van der Waals surface area contributed by atoms with Crippen LogP contribution in [0.25, 0.3) is 0 Å². The lowest BCUT2D eigenvalue weighted by Gasteiger charge is -2.16. The Labute approximate surface area is 124 Å². The van der Waals surface area contributed by atoms with Gasteiger partial charge in [-0.15, -0.1) is 11.3 Å². The van der Waals surface area contributed by atoms with E-state index >= 15 is 0 Å². The number of thiophene rings is 1. The Hall–Kier alpha value is -1.04. The molecule has 5 heteroatoms. The Morgan fingerprint density at radius 3 is 2.37 bits per heavy atom. The third kappa shape index (κ3) is 2.78. The van der Waals surface area contributed by atoms with E-state index in [1.807, 2.05) is 30.5 Å². The molecule has 0 bridgehead atoms. The highest BCUT2D eigenvalue weighted by Gasteiger charge is 2.19. The van der Waals surface area contributed by atoms with Gasteiger partial charge in [-0.3, -0.25) is 0 Å². The van der Waals surface area contributed by atoms with Crippen molar-refractivity contribution >= 4 is 27.3 Å². The predicted molar refractivity (Wildman–Crippen MR) is 80.4 cm³/mol. The van der Waals surface area contributed by atoms with Gasteiger partial charge in [0.2, 0.25) is 0 Å². The van der Waals surface area contributed by atoms with Gasteiger partial charge in [0.25, 0.3) is 0 Å². The van der Waals surface area contributed by atoms with E-state index in [-0.39, 0.29) is 0 Å². The maximum absolute atomic E-state index is 10.5. The van der Waals surface area contributed by atoms with Crippen molar-refractivity contribution in [2.75, 3.05) is 14.2 Å². The lowest BCUT2D eigenvalue weighted by molar-refractivity contribution is 0.222. The van der Waals surface area contributed by atoms with Crippen LogP contribution >= 0.6 is 27.3 Å². The van der Waals surface area contributed by atoms with E-state index in [1.54, 1.807) is 14.2 Å². The summed E-state index contributed by atoms with van der Waals surface area (Å²) in [6, 6.07) is 5.63. The first-order valence-corrected chi connectivity index (χ1v) is 7.39. The van der Waals surface area contributed by atoms with Gasteiger partial charge in [-0.2, -0.15) is 0 Å². The molecule has 0 amide bonds. The van der Waals surface area contributed by atoms with Crippen LogP contribution in [0.5, 0.6) is 11.5 Å². The van der Waals surface area contributed by atoms with Gasteiger partial charge in [0.15, 0.2) is 11.5 Å². The Kier molecular flexibility index (Phi) is 4.50. The molecule has 0 saturated carbocycles. The standard InChI is InChI=1S/C14H15BrO3S/c1-8-6-11(17-2)12(18-3)7-9(8)13(16)14-10(15)4-5-19-14/h4-7,13,16H,1-3H3. The summed E-state index contributed by atoms with van der Waals surface area (Å²) in [6.07, 6.45) is -0.672. The number of ether oxygens (including phenoxy) is 2. The van der Waals surface area contributed by atoms with Crippen molar-refractivity contribution in [2.45, 2.75) is 13.0 Å². The number of aliphatic hydroxyl groups excluding tert-OH is 1. The van der Waals surface area contributed by atoms with Crippen LogP contribution in [-0.2, 0) is 0 Å². The zero-order valence-electron chi connectivity index (χ0n) is 10.9. The number of hydrogen-bond acceptors (Lipinski definition) is 4. The summed E-state index contributed by atoms with van der Waals surface area (Å²) < 4.78 is 11.5. The molecule has 0 fully saturated rings. The van der Waals surface area contributed by atoms with Crippen molar-refractivity contribution in [1.82, 2.24) is 0 Å². The monoisotopic (exact) mass is 342 g/mol. The molecule has 0 aliphatic carbocycles. The number of aliphatic hydroxyl groups is 1. The van der Waals surface area contributed by atoms with Crippen LogP contribution < -0.4 is 9.47 Å². The first-order chi connectivity index (χ1) is 9.08. The zero-order chi connectivity index (χ0) is 14.0. The van der Waals surface area contributed by atoms with Gasteiger partial charge in [-0.25, -0.2) is 0 Å². The van der Waals surface area contributed by atoms with Crippen molar-refractivity contribution in [1.29, 1.82) is 0 Å². The molecule has 2 rings (SSSR count). The summed E-state index contributed by atoms with van der Waals surface area (Å²) >= 11 is 4.96. The fourth-order valence-corrected chi connectivity index (χ4v) is 3.52. The second-order valence-electron chi connectivity index (χ2n) is 4.10. The topological polar surface area (TPSA) is 38.7 Å². The summed E-state index contributed by atoms with van der Waals surface area (Å²) in [5.41, 5.74) is 1.78. The first kappa shape index (κ1) is 14.4. The molecule has 2 aromatic rings. The highest BCUT2D eigenvalue weighted by Crippen LogP contribution is 2.38. The lowest BCUT2D eigenvalue weighted by atomic mass is 10.0. The van der Waals surface area contributed by atoms with Crippen LogP contribution in [0.1, 0.15) is 22.1 Å². The van der Waals surface area contributed by atoms with Crippen LogP contribution in [0.3, 0.4) is 0 Å². The molecule has 1 unspecified atom stereocenters. The summed E-state index contributed by atoms with van der Waals surface area (Å²) in [7, 11) is 3.19. The van der Waals surface area contributed by atoms with Crippen molar-refractivity contribution in [3.05, 3.63) is 44.1 Å². The lowest BCUT2D eigenvalue weighted by Crippen LogP contribution is -2.02. The fourth-order valence-electron chi connectivity index (χ4n) is 1.93. The number of methoxy groups -OCH3 is 2. The number of halogens is 1. The minimum absolute atomic E-state index is 0.620. The van der Waals surface area contributed by atoms with Crippen LogP contribution in [0, 0.1) is 6.92 Å². The Morgan fingerprint density at radius 2 is 1.84 bits per heavy atom. The molecular weight excluding hydrogens is 328 g/mol. The summed E-state index contributed by atoms with van der Waals surface area (Å²) in [5.74, 6) is 1.29. The largest absolute Gasteiger partial charge is 0.493 e. The summed E-state index contributed by atoms with van der Waals surface area (Å²) in [5, 5.41) is 12.5. The number of aryl methyl sites for hydroxylation is 1. The molecule has 0 saturated heterocycles. The maximum Gasteiger partial charge on any atom is 0.161 e. The van der Waals surface area contributed by atoms with E-state index in [1.165, 1.54) is 11.3 Å². The fraction of sp³-hybridized carbons (Fsp3) is 0.286. The molecule has 0 spiro atoms. The normalized spacial score (nSPS) is 12.3. The highest BCUT2D eigenvalue weighted by molar-refractivity contribution is 9.10. The van der Waals surface area contributed by atoms with Crippen molar-refractivity contribution in [3.8, 4) is 11.5 Å². The summed E-state index contributed by atoms with van der Waals surface area (Å²) in [6.45, 7) is 1.95. The third-order valence-corrected chi connectivity index (χ3v) is 4.88. The zero-order valence-corrected chi connectivity index (χ0v) is 13.3. The van der Waals surface area contributed by atoms with Crippen molar-refractivity contribution < 1.29 is 14.6 Å². The minimum Gasteiger partial charge on any atom is -0.493 e. The van der Waals surface area contributed by atoms with Crippen LogP contribution in [-0.4, -0.2) is 19.3 Å². The Balaban J connectivity index is 2.48. The number of rotatable bonds is 4. The molecule has 1 heterocycles. The third-order valence-electron chi connectivity index (χ3n) is 2.96. The molecule has 0 aliphatic heterocycles. The molecule has 1 N–H and O–H groups in total. The van der Waals surface area contributed by atoms with Crippen LogP contribution in [0.15, 0.2) is 28.1 Å². The molecule has 0 radical (unpaired) electrons. The highest BCUT2D eigenvalue weighted by atomic mass is 79.9. The predicted octanol–water partition coefficient (Wildman–Crippen LogP) is 3.92. The average molecular weight is 343 g/mol. The van der Waals surface area contributed by atoms with Crippen molar-refractivity contribution in [3.63, 3.8) is 0 Å². The van der Waals surface area contributed by atoms with Gasteiger partial charge >= 0.3 is 0 Å². The minimum atomic E-state index is -0.672. The average Bonchev–Trinajstić information content (AvgIpc) is 2.83.